The second kappa shape index (κ2) is 14.7. The highest BCUT2D eigenvalue weighted by Crippen LogP contribution is 2.32. The molecule has 2 amide bonds. The number of anilines is 1. The quantitative estimate of drug-likeness (QED) is 0.370. The molecular weight excluding hydrogens is 514 g/mol. The van der Waals surface area contributed by atoms with Gasteiger partial charge in [0, 0.05) is 50.2 Å². The third-order valence-electron chi connectivity index (χ3n) is 8.77. The summed E-state index contributed by atoms with van der Waals surface area (Å²) in [4.78, 5) is 33.9. The summed E-state index contributed by atoms with van der Waals surface area (Å²) >= 11 is 0. The summed E-state index contributed by atoms with van der Waals surface area (Å²) in [6.07, 6.45) is 7.02. The minimum absolute atomic E-state index is 0.143. The molecule has 0 saturated carbocycles. The Balaban J connectivity index is 1.64. The largest absolute Gasteiger partial charge is 0.493 e. The molecule has 2 bridgehead atoms. The molecule has 2 aliphatic heterocycles. The minimum Gasteiger partial charge on any atom is -0.493 e. The Morgan fingerprint density at radius 3 is 2.44 bits per heavy atom. The van der Waals surface area contributed by atoms with E-state index in [1.54, 1.807) is 14.2 Å². The number of carbonyl (C=O) groups is 2. The van der Waals surface area contributed by atoms with Crippen molar-refractivity contribution in [1.29, 1.82) is 0 Å². The van der Waals surface area contributed by atoms with Gasteiger partial charge in [-0.2, -0.15) is 0 Å². The Kier molecular flexibility index (Phi) is 11.1. The van der Waals surface area contributed by atoms with Gasteiger partial charge >= 0.3 is 0 Å². The first-order valence-corrected chi connectivity index (χ1v) is 15.5. The molecule has 0 N–H and O–H groups in total. The van der Waals surface area contributed by atoms with Crippen LogP contribution in [0, 0.1) is 5.92 Å². The third-order valence-corrected chi connectivity index (χ3v) is 8.77. The number of nitrogens with zero attached hydrogens (tertiary/aromatic N) is 3. The summed E-state index contributed by atoms with van der Waals surface area (Å²) in [5, 5.41) is 0. The van der Waals surface area contributed by atoms with Crippen LogP contribution in [0.4, 0.5) is 5.69 Å². The molecule has 4 rings (SSSR count). The van der Waals surface area contributed by atoms with Gasteiger partial charge in [-0.15, -0.1) is 0 Å². The van der Waals surface area contributed by atoms with E-state index in [1.807, 2.05) is 42.2 Å². The number of amides is 2. The number of piperidine rings is 1. The van der Waals surface area contributed by atoms with Crippen molar-refractivity contribution >= 4 is 17.5 Å². The zero-order valence-electron chi connectivity index (χ0n) is 25.7. The second-order valence-corrected chi connectivity index (χ2v) is 11.9. The van der Waals surface area contributed by atoms with Crippen LogP contribution in [0.3, 0.4) is 0 Å². The Morgan fingerprint density at radius 2 is 1.71 bits per heavy atom. The summed E-state index contributed by atoms with van der Waals surface area (Å²) in [6.45, 7) is 9.48. The van der Waals surface area contributed by atoms with E-state index < -0.39 is 0 Å². The zero-order valence-corrected chi connectivity index (χ0v) is 25.7. The fraction of sp³-hybridized carbons (Fsp3) is 0.588. The van der Waals surface area contributed by atoms with Gasteiger partial charge in [0.2, 0.25) is 11.8 Å². The number of rotatable bonds is 9. The molecule has 7 heteroatoms. The predicted octanol–water partition coefficient (Wildman–Crippen LogP) is 6.08. The van der Waals surface area contributed by atoms with E-state index in [0.717, 1.165) is 62.0 Å². The Morgan fingerprint density at radius 1 is 0.951 bits per heavy atom. The number of aryl methyl sites for hydroxylation is 1. The van der Waals surface area contributed by atoms with Gasteiger partial charge in [-0.3, -0.25) is 14.5 Å². The molecule has 1 saturated heterocycles. The van der Waals surface area contributed by atoms with Gasteiger partial charge in [-0.1, -0.05) is 51.5 Å². The molecule has 2 aromatic rings. The van der Waals surface area contributed by atoms with Crippen LogP contribution >= 0.6 is 0 Å². The Bertz CT molecular complexity index is 1170. The van der Waals surface area contributed by atoms with Crippen molar-refractivity contribution in [2.24, 2.45) is 5.92 Å². The van der Waals surface area contributed by atoms with Crippen LogP contribution in [0.1, 0.15) is 76.8 Å². The van der Waals surface area contributed by atoms with E-state index in [4.69, 9.17) is 9.47 Å². The number of hydrogen-bond acceptors (Lipinski definition) is 5. The smallest absolute Gasteiger partial charge is 0.226 e. The molecule has 0 spiro atoms. The molecule has 2 unspecified atom stereocenters. The van der Waals surface area contributed by atoms with E-state index >= 15 is 0 Å². The number of fused-ring (bicyclic) bond motifs is 3. The van der Waals surface area contributed by atoms with Crippen LogP contribution < -0.4 is 14.4 Å². The molecule has 0 aliphatic carbocycles. The Labute approximate surface area is 246 Å². The van der Waals surface area contributed by atoms with Gasteiger partial charge in [-0.05, 0) is 73.9 Å². The van der Waals surface area contributed by atoms with E-state index in [-0.39, 0.29) is 11.8 Å². The number of para-hydroxylation sites is 1. The topological polar surface area (TPSA) is 62.3 Å². The van der Waals surface area contributed by atoms with E-state index in [1.165, 1.54) is 0 Å². The minimum atomic E-state index is 0.143. The molecule has 2 aromatic carbocycles. The van der Waals surface area contributed by atoms with E-state index in [2.05, 4.69) is 35.8 Å². The number of carbonyl (C=O) groups excluding carboxylic acids is 2. The molecule has 1 fully saturated rings. The number of benzene rings is 2. The predicted molar refractivity (Wildman–Crippen MR) is 165 cm³/mol. The maximum absolute atomic E-state index is 14.0. The van der Waals surface area contributed by atoms with Gasteiger partial charge in [0.1, 0.15) is 0 Å². The fourth-order valence-electron chi connectivity index (χ4n) is 6.41. The first-order chi connectivity index (χ1) is 19.8. The van der Waals surface area contributed by atoms with E-state index in [0.29, 0.717) is 61.9 Å². The molecule has 2 heterocycles. The lowest BCUT2D eigenvalue weighted by Gasteiger charge is -2.44. The summed E-state index contributed by atoms with van der Waals surface area (Å²) in [5.74, 6) is 2.27. The molecule has 0 radical (unpaired) electrons. The van der Waals surface area contributed by atoms with Crippen LogP contribution in [0.2, 0.25) is 0 Å². The molecule has 224 valence electrons. The van der Waals surface area contributed by atoms with Gasteiger partial charge in [0.05, 0.1) is 14.2 Å². The highest BCUT2D eigenvalue weighted by molar-refractivity contribution is 5.94. The molecular formula is C34H49N3O4. The highest BCUT2D eigenvalue weighted by atomic mass is 16.5. The lowest BCUT2D eigenvalue weighted by atomic mass is 9.92. The van der Waals surface area contributed by atoms with Gasteiger partial charge < -0.3 is 19.3 Å². The molecule has 7 nitrogen and oxygen atoms in total. The second-order valence-electron chi connectivity index (χ2n) is 11.9. The van der Waals surface area contributed by atoms with Crippen LogP contribution in [0.25, 0.3) is 0 Å². The van der Waals surface area contributed by atoms with Gasteiger partial charge in [0.25, 0.3) is 0 Å². The van der Waals surface area contributed by atoms with Crippen LogP contribution in [0.15, 0.2) is 42.5 Å². The van der Waals surface area contributed by atoms with E-state index in [9.17, 15) is 9.59 Å². The summed E-state index contributed by atoms with van der Waals surface area (Å²) in [6, 6.07) is 14.8. The van der Waals surface area contributed by atoms with Crippen LogP contribution in [-0.2, 0) is 22.6 Å². The number of ether oxygens (including phenoxy) is 2. The average Bonchev–Trinajstić information content (AvgIpc) is 3.00. The molecule has 2 aliphatic rings. The SMILES string of the molecule is CCC(=O)N1CCC2CCCC(CN(C(=O)CCc3ccc(OC)c(OC)c3)Cc3ccccc31)N2CCC(C)C. The zero-order chi connectivity index (χ0) is 29.4. The normalized spacial score (nSPS) is 19.9. The summed E-state index contributed by atoms with van der Waals surface area (Å²) in [5.41, 5.74) is 3.03. The number of hydrogen-bond donors (Lipinski definition) is 0. The fourth-order valence-corrected chi connectivity index (χ4v) is 6.41. The van der Waals surface area contributed by atoms with Gasteiger partial charge in [0.15, 0.2) is 11.5 Å². The van der Waals surface area contributed by atoms with Gasteiger partial charge in [-0.25, -0.2) is 0 Å². The van der Waals surface area contributed by atoms with Crippen molar-refractivity contribution in [3.63, 3.8) is 0 Å². The van der Waals surface area contributed by atoms with Crippen molar-refractivity contribution < 1.29 is 19.1 Å². The summed E-state index contributed by atoms with van der Waals surface area (Å²) in [7, 11) is 3.26. The average molecular weight is 564 g/mol. The molecule has 2 atom stereocenters. The van der Waals surface area contributed by atoms with Crippen molar-refractivity contribution in [2.75, 3.05) is 38.8 Å². The standard InChI is InChI=1S/C34H49N3O4/c1-6-33(38)37-21-19-28-11-9-12-29(36(28)20-18-25(2)3)24-35(23-27-10-7-8-13-30(27)37)34(39)17-15-26-14-16-31(40-4)32(22-26)41-5/h7-8,10,13-14,16,22,25,28-29H,6,9,11-12,15,17-21,23-24H2,1-5H3. The lowest BCUT2D eigenvalue weighted by Crippen LogP contribution is -2.53. The first-order valence-electron chi connectivity index (χ1n) is 15.5. The molecule has 41 heavy (non-hydrogen) atoms. The third kappa shape index (κ3) is 7.82. The Hall–Kier alpha value is -3.06. The van der Waals surface area contributed by atoms with Crippen molar-refractivity contribution in [1.82, 2.24) is 9.80 Å². The van der Waals surface area contributed by atoms with Crippen LogP contribution in [0.5, 0.6) is 11.5 Å². The van der Waals surface area contributed by atoms with Crippen molar-refractivity contribution in [3.05, 3.63) is 53.6 Å². The maximum atomic E-state index is 14.0. The lowest BCUT2D eigenvalue weighted by molar-refractivity contribution is -0.133. The molecule has 0 aromatic heterocycles. The van der Waals surface area contributed by atoms with Crippen molar-refractivity contribution in [3.8, 4) is 11.5 Å². The summed E-state index contributed by atoms with van der Waals surface area (Å²) < 4.78 is 10.9. The monoisotopic (exact) mass is 563 g/mol. The van der Waals surface area contributed by atoms with Crippen molar-refractivity contribution in [2.45, 2.75) is 90.8 Å². The highest BCUT2D eigenvalue weighted by Gasteiger charge is 2.34. The number of methoxy groups -OCH3 is 2. The maximum Gasteiger partial charge on any atom is 0.226 e. The van der Waals surface area contributed by atoms with Crippen LogP contribution in [-0.4, -0.2) is 67.6 Å². The first kappa shape index (κ1) is 30.9.